The number of cyclic esters (lactones) is 1. The first kappa shape index (κ1) is 102. The number of esters is 1. The van der Waals surface area contributed by atoms with Crippen LogP contribution in [0.3, 0.4) is 0 Å². The second-order valence-corrected chi connectivity index (χ2v) is 35.8. The molecule has 37 heteroatoms. The molecule has 9 heterocycles. The van der Waals surface area contributed by atoms with Crippen LogP contribution in [0.4, 0.5) is 17.8 Å². The monoisotopic (exact) mass is 1850 g/mol. The van der Waals surface area contributed by atoms with Crippen LogP contribution < -0.4 is 27.4 Å². The molecule has 2 bridgehead atoms. The predicted octanol–water partition coefficient (Wildman–Crippen LogP) is 7.99. The Balaban J connectivity index is 0.550. The molecule has 7 aromatic rings. The van der Waals surface area contributed by atoms with E-state index >= 15 is 0 Å². The number of hydrogen-bond acceptors (Lipinski definition) is 33. The van der Waals surface area contributed by atoms with Crippen LogP contribution in [0.15, 0.2) is 119 Å². The molecule has 0 radical (unpaired) electrons. The van der Waals surface area contributed by atoms with Gasteiger partial charge in [0.1, 0.15) is 53.5 Å². The predicted molar refractivity (Wildman–Crippen MR) is 495 cm³/mol. The number of Topliss-reactive ketones (excluding diaryl/α,β-unsaturated/α-hetero) is 3. The van der Waals surface area contributed by atoms with E-state index < -0.39 is 83.8 Å². The van der Waals surface area contributed by atoms with Gasteiger partial charge in [0, 0.05) is 140 Å². The van der Waals surface area contributed by atoms with Crippen molar-refractivity contribution < 1.29 is 95.9 Å². The van der Waals surface area contributed by atoms with E-state index in [0.29, 0.717) is 195 Å². The third kappa shape index (κ3) is 27.8. The van der Waals surface area contributed by atoms with E-state index in [1.165, 1.54) is 13.4 Å². The lowest BCUT2D eigenvalue weighted by Gasteiger charge is -2.42. The van der Waals surface area contributed by atoms with Gasteiger partial charge < -0.3 is 99.4 Å². The number of fused-ring (bicyclic) bond motifs is 5. The highest BCUT2D eigenvalue weighted by atomic mass is 16.6. The molecule has 12 rings (SSSR count). The number of aliphatic hydroxyl groups is 3. The quantitative estimate of drug-likeness (QED) is 0.00856. The fourth-order valence-electron chi connectivity index (χ4n) is 18.2. The SMILES string of the molecule is COC1C[C@@H]2CC[C@@H](C)[C@@](O)(O2)C(=O)C(=O)N2CCCC[C@H]2C(=O)OC([C@H](N)CC2CCC(OCc3cccc(-c4cnc(N5CCN(Cc6cn(CCOCCOCCOCCOCCC(=O)NCCCCn7nc(-c8ccc9oc(N)nc9c8)c8c(N)ncnc87)nn6)C(CO)C5)nc4)c3)[C@H](OC)C2)CC(=O)C(C)/C=C(\C)C(O)[C@@H](OC)C(=O)C(C)CC(C)/C=C/C=CC=C1C. The number of aromatic nitrogens is 10. The minimum Gasteiger partial charge on any atom is -0.459 e. The molecule has 4 fully saturated rings. The Morgan fingerprint density at radius 3 is 2.29 bits per heavy atom. The fraction of sp³-hybridized carbons (Fsp3) is 0.604. The van der Waals surface area contributed by atoms with Gasteiger partial charge in [0.2, 0.25) is 17.6 Å². The van der Waals surface area contributed by atoms with Gasteiger partial charge in [0.15, 0.2) is 17.0 Å². The molecule has 1 aliphatic carbocycles. The number of benzene rings is 2. The van der Waals surface area contributed by atoms with E-state index in [1.54, 1.807) is 75.8 Å². The summed E-state index contributed by atoms with van der Waals surface area (Å²) in [6.45, 7) is 17.6. The van der Waals surface area contributed by atoms with Crippen molar-refractivity contribution in [3.63, 3.8) is 0 Å². The van der Waals surface area contributed by atoms with Crippen LogP contribution in [0.25, 0.3) is 44.5 Å². The Morgan fingerprint density at radius 2 is 1.53 bits per heavy atom. The standard InChI is InChI=1S/C96H135N17O20/c1-60-18-11-10-12-19-61(2)80(123-7)50-73-26-23-65(6)96(122,133-73)89(119)92(120)112-31-15-13-22-76(112)93(121)131-81(51-77(115)62(3)45-64(5)87(118)88(125-9)86(117)63(4)44-60)74(97)47-66-24-27-79(82(48-66)124-8)130-58-67-20-17-21-68(46-67)70-52-101-95(102-53-70)110-34-33-109(72(56-110)57-114)54-71-55-111(108-106-71)35-37-127-39-41-129-43-42-128-40-38-126-36-29-83(116)100-30-14-16-32-113-91-84(90(98)103-59-104-91)85(107-113)69-25-28-78-75(49-69)105-94(99)132-78/h10-12,17-21,25,28,45-46,49,52-53,55,59-60,62-63,65-66,72-74,76,79-82,87-88,114,118,122H,13-16,22-24,26-27,29-44,47-48,50-51,54,56-58,97H2,1-9H3,(H2,99,105)(H,100,116)(H2,98,103,104)/b12-10?,18-11+,61-19?,64-45+/t60?,62?,63?,65-,66?,72?,73+,74-,76+,79?,80?,81?,82-,87?,88+,96-/m1/s1. The number of piperazine rings is 1. The van der Waals surface area contributed by atoms with Crippen LogP contribution in [0.1, 0.15) is 149 Å². The van der Waals surface area contributed by atoms with Crippen molar-refractivity contribution in [3.05, 3.63) is 126 Å². The van der Waals surface area contributed by atoms with E-state index in [9.17, 15) is 44.1 Å². The number of ketones is 3. The number of ether oxygens (including phenoxy) is 10. The number of rotatable bonds is 35. The Labute approximate surface area is 776 Å². The number of nitrogens with one attached hydrogen (secondary N) is 1. The summed E-state index contributed by atoms with van der Waals surface area (Å²) >= 11 is 0. The van der Waals surface area contributed by atoms with Gasteiger partial charge in [-0.1, -0.05) is 87.6 Å². The molecule has 5 aromatic heterocycles. The summed E-state index contributed by atoms with van der Waals surface area (Å²) in [7, 11) is 4.58. The first-order valence-corrected chi connectivity index (χ1v) is 46.7. The minimum atomic E-state index is -2.50. The van der Waals surface area contributed by atoms with Gasteiger partial charge in [-0.2, -0.15) is 10.1 Å². The van der Waals surface area contributed by atoms with Gasteiger partial charge in [-0.3, -0.25) is 28.9 Å². The summed E-state index contributed by atoms with van der Waals surface area (Å²) in [6.07, 6.45) is 18.7. The molecule has 37 nitrogen and oxygen atoms in total. The third-order valence-electron chi connectivity index (χ3n) is 26.0. The second-order valence-electron chi connectivity index (χ2n) is 35.8. The van der Waals surface area contributed by atoms with Crippen LogP contribution in [0, 0.1) is 29.6 Å². The number of nitrogen functional groups attached to an aromatic ring is 2. The largest absolute Gasteiger partial charge is 0.459 e. The maximum Gasteiger partial charge on any atom is 0.329 e. The highest BCUT2D eigenvalue weighted by molar-refractivity contribution is 6.39. The number of piperidine rings is 1. The molecule has 5 aliphatic rings. The Hall–Kier alpha value is -10.1. The topological polar surface area (TPSA) is 481 Å². The number of aryl methyl sites for hydroxylation is 1. The number of hydrogen-bond donors (Lipinski definition) is 7. The van der Waals surface area contributed by atoms with Gasteiger partial charge in [0.25, 0.3) is 17.7 Å². The molecule has 9 unspecified atom stereocenters. The lowest BCUT2D eigenvalue weighted by atomic mass is 9.80. The van der Waals surface area contributed by atoms with Crippen molar-refractivity contribution >= 4 is 75.0 Å². The fourth-order valence-corrected chi connectivity index (χ4v) is 18.2. The van der Waals surface area contributed by atoms with Crippen LogP contribution >= 0.6 is 0 Å². The third-order valence-corrected chi connectivity index (χ3v) is 26.0. The summed E-state index contributed by atoms with van der Waals surface area (Å²) in [5.41, 5.74) is 27.0. The number of nitrogens with two attached hydrogens (primary N) is 3. The van der Waals surface area contributed by atoms with E-state index in [0.717, 1.165) is 51.3 Å². The Kier molecular flexibility index (Phi) is 38.2. The zero-order valence-corrected chi connectivity index (χ0v) is 78.1. The van der Waals surface area contributed by atoms with Crippen LogP contribution in [-0.2, 0) is 102 Å². The minimum absolute atomic E-state index is 0.0234. The number of allylic oxidation sites excluding steroid dienone is 6. The smallest absolute Gasteiger partial charge is 0.329 e. The van der Waals surface area contributed by atoms with Crippen LogP contribution in [0.5, 0.6) is 0 Å². The van der Waals surface area contributed by atoms with Gasteiger partial charge >= 0.3 is 5.97 Å². The van der Waals surface area contributed by atoms with Gasteiger partial charge in [-0.15, -0.1) is 5.10 Å². The molecule has 133 heavy (non-hydrogen) atoms. The Morgan fingerprint density at radius 1 is 0.767 bits per heavy atom. The van der Waals surface area contributed by atoms with Gasteiger partial charge in [0.05, 0.1) is 114 Å². The number of methoxy groups -OCH3 is 3. The zero-order valence-electron chi connectivity index (χ0n) is 78.1. The number of anilines is 3. The molecule has 2 aromatic carbocycles. The second kappa shape index (κ2) is 49.9. The molecule has 10 N–H and O–H groups in total. The normalized spacial score (nSPS) is 26.6. The first-order chi connectivity index (χ1) is 64.2. The Bertz CT molecular complexity index is 5100. The highest BCUT2D eigenvalue weighted by Gasteiger charge is 2.53. The van der Waals surface area contributed by atoms with Gasteiger partial charge in [-0.05, 0) is 149 Å². The van der Waals surface area contributed by atoms with Crippen molar-refractivity contribution in [1.29, 1.82) is 0 Å². The molecule has 2 amide bonds. The lowest BCUT2D eigenvalue weighted by molar-refractivity contribution is -0.265. The van der Waals surface area contributed by atoms with E-state index in [2.05, 4.69) is 40.4 Å². The summed E-state index contributed by atoms with van der Waals surface area (Å²) in [5.74, 6) is -7.68. The maximum atomic E-state index is 14.8. The zero-order chi connectivity index (χ0) is 94.7. The highest BCUT2D eigenvalue weighted by Crippen LogP contribution is 2.40. The summed E-state index contributed by atoms with van der Waals surface area (Å²) < 4.78 is 68.6. The molecule has 1 saturated carbocycles. The number of nitrogens with zero attached hydrogens (tertiary/aromatic N) is 13. The van der Waals surface area contributed by atoms with Crippen molar-refractivity contribution in [1.82, 2.24) is 64.8 Å². The molecular formula is C96H135N17O20. The van der Waals surface area contributed by atoms with Crippen molar-refractivity contribution in [2.45, 2.75) is 231 Å². The maximum absolute atomic E-state index is 14.8. The van der Waals surface area contributed by atoms with Crippen LogP contribution in [-0.4, -0.2) is 290 Å². The van der Waals surface area contributed by atoms with E-state index in [1.807, 2.05) is 86.8 Å². The number of carbonyl (C=O) groups is 6. The van der Waals surface area contributed by atoms with Crippen molar-refractivity contribution in [2.75, 3.05) is 130 Å². The number of amides is 2. The molecule has 724 valence electrons. The summed E-state index contributed by atoms with van der Waals surface area (Å²) in [4.78, 5) is 113. The van der Waals surface area contributed by atoms with Crippen molar-refractivity contribution in [3.8, 4) is 22.4 Å². The molecular weight excluding hydrogens is 1710 g/mol. The summed E-state index contributed by atoms with van der Waals surface area (Å²) in [6, 6.07) is 11.2. The van der Waals surface area contributed by atoms with Gasteiger partial charge in [-0.25, -0.2) is 34.1 Å². The average Bonchev–Trinajstić information content (AvgIpc) is 1.52. The first-order valence-electron chi connectivity index (χ1n) is 46.7. The van der Waals surface area contributed by atoms with E-state index in [4.69, 9.17) is 84.1 Å². The molecule has 16 atom stereocenters. The molecule has 3 saturated heterocycles. The van der Waals surface area contributed by atoms with Crippen molar-refractivity contribution in [2.24, 2.45) is 35.3 Å². The average molecular weight is 1850 g/mol. The lowest BCUT2D eigenvalue weighted by Crippen LogP contribution is -2.61. The molecule has 4 aliphatic heterocycles. The molecule has 0 spiro atoms. The number of oxazole rings is 1. The number of carbonyl (C=O) groups excluding carboxylic acids is 6. The number of unbranched alkanes of at least 4 members (excludes halogenated alkanes) is 1. The van der Waals surface area contributed by atoms with E-state index in [-0.39, 0.29) is 106 Å². The number of aliphatic hydroxyl groups excluding tert-OH is 2. The van der Waals surface area contributed by atoms with Crippen LogP contribution in [0.2, 0.25) is 0 Å². The summed E-state index contributed by atoms with van der Waals surface area (Å²) in [5, 5.41) is 51.7.